The lowest BCUT2D eigenvalue weighted by molar-refractivity contribution is 1.09. The Balaban J connectivity index is 1.75. The van der Waals surface area contributed by atoms with Crippen LogP contribution in [0.4, 0.5) is 0 Å². The molecule has 2 aromatic heterocycles. The summed E-state index contributed by atoms with van der Waals surface area (Å²) < 4.78 is 0. The van der Waals surface area contributed by atoms with Crippen LogP contribution in [0.15, 0.2) is 42.5 Å². The second-order valence-corrected chi connectivity index (χ2v) is 6.22. The number of nitrogens with one attached hydrogen (secondary N) is 2. The van der Waals surface area contributed by atoms with Gasteiger partial charge in [-0.15, -0.1) is 0 Å². The van der Waals surface area contributed by atoms with E-state index < -0.39 is 0 Å². The van der Waals surface area contributed by atoms with Crippen molar-refractivity contribution in [2.75, 3.05) is 0 Å². The predicted octanol–water partition coefficient (Wildman–Crippen LogP) is 5.24. The highest BCUT2D eigenvalue weighted by molar-refractivity contribution is 6.32. The van der Waals surface area contributed by atoms with E-state index in [1.54, 1.807) is 0 Å². The molecule has 0 aliphatic rings. The van der Waals surface area contributed by atoms with Crippen LogP contribution >= 0.6 is 23.2 Å². The van der Waals surface area contributed by atoms with Crippen molar-refractivity contribution in [2.45, 2.75) is 6.92 Å². The number of imidazole rings is 1. The third kappa shape index (κ3) is 2.60. The number of halogens is 2. The van der Waals surface area contributed by atoms with E-state index >= 15 is 0 Å². The molecule has 4 nitrogen and oxygen atoms in total. The van der Waals surface area contributed by atoms with E-state index in [-0.39, 0.29) is 0 Å². The quantitative estimate of drug-likeness (QED) is 0.523. The highest BCUT2D eigenvalue weighted by Crippen LogP contribution is 2.27. The van der Waals surface area contributed by atoms with Gasteiger partial charge in [0.2, 0.25) is 0 Å². The van der Waals surface area contributed by atoms with E-state index in [2.05, 4.69) is 20.2 Å². The number of aryl methyl sites for hydroxylation is 1. The SMILES string of the molecule is Cc1cc2[nH]c(-c3cc(-c4ccc(Cl)cc4)n[nH]3)nc2cc1Cl. The molecule has 2 aromatic carbocycles. The highest BCUT2D eigenvalue weighted by Gasteiger charge is 2.11. The zero-order valence-electron chi connectivity index (χ0n) is 12.2. The van der Waals surface area contributed by atoms with Crippen molar-refractivity contribution in [3.05, 3.63) is 58.1 Å². The van der Waals surface area contributed by atoms with Crippen LogP contribution in [0.2, 0.25) is 10.0 Å². The van der Waals surface area contributed by atoms with Gasteiger partial charge in [-0.2, -0.15) is 5.10 Å². The monoisotopic (exact) mass is 342 g/mol. The number of nitrogens with zero attached hydrogens (tertiary/aromatic N) is 2. The molecule has 0 saturated heterocycles. The summed E-state index contributed by atoms with van der Waals surface area (Å²) in [6.07, 6.45) is 0. The van der Waals surface area contributed by atoms with Gasteiger partial charge >= 0.3 is 0 Å². The number of aromatic amines is 2. The standard InChI is InChI=1S/C17H12Cl2N4/c1-9-6-14-15(7-12(9)19)21-17(20-14)16-8-13(22-23-16)10-2-4-11(18)5-3-10/h2-8H,1H3,(H,20,21)(H,22,23). The molecule has 0 aliphatic carbocycles. The molecule has 0 radical (unpaired) electrons. The Labute approximate surface area is 142 Å². The van der Waals surface area contributed by atoms with Crippen LogP contribution in [0.1, 0.15) is 5.56 Å². The zero-order chi connectivity index (χ0) is 16.0. The fraction of sp³-hybridized carbons (Fsp3) is 0.0588. The molecule has 4 aromatic rings. The maximum atomic E-state index is 6.16. The van der Waals surface area contributed by atoms with E-state index in [1.807, 2.05) is 49.4 Å². The van der Waals surface area contributed by atoms with Gasteiger partial charge in [-0.05, 0) is 42.8 Å². The van der Waals surface area contributed by atoms with Gasteiger partial charge in [0.25, 0.3) is 0 Å². The first-order valence-electron chi connectivity index (χ1n) is 7.08. The summed E-state index contributed by atoms with van der Waals surface area (Å²) in [4.78, 5) is 7.87. The summed E-state index contributed by atoms with van der Waals surface area (Å²) in [7, 11) is 0. The maximum Gasteiger partial charge on any atom is 0.156 e. The van der Waals surface area contributed by atoms with Crippen LogP contribution in [0, 0.1) is 6.92 Å². The first kappa shape index (κ1) is 14.3. The summed E-state index contributed by atoms with van der Waals surface area (Å²) in [5, 5.41) is 8.77. The fourth-order valence-corrected chi connectivity index (χ4v) is 2.76. The lowest BCUT2D eigenvalue weighted by Gasteiger charge is -1.95. The van der Waals surface area contributed by atoms with Crippen LogP contribution < -0.4 is 0 Å². The molecule has 0 spiro atoms. The van der Waals surface area contributed by atoms with Gasteiger partial charge in [0.1, 0.15) is 5.69 Å². The van der Waals surface area contributed by atoms with Crippen LogP contribution in [0.3, 0.4) is 0 Å². The molecule has 4 rings (SSSR count). The lowest BCUT2D eigenvalue weighted by Crippen LogP contribution is -1.79. The lowest BCUT2D eigenvalue weighted by atomic mass is 10.1. The first-order chi connectivity index (χ1) is 11.1. The Morgan fingerprint density at radius 1 is 1.00 bits per heavy atom. The van der Waals surface area contributed by atoms with Crippen molar-refractivity contribution in [1.82, 2.24) is 20.2 Å². The molecule has 0 amide bonds. The minimum absolute atomic E-state index is 0.703. The van der Waals surface area contributed by atoms with Crippen LogP contribution in [0.5, 0.6) is 0 Å². The van der Waals surface area contributed by atoms with E-state index in [0.717, 1.165) is 39.4 Å². The molecule has 2 N–H and O–H groups in total. The third-order valence-corrected chi connectivity index (χ3v) is 4.39. The number of hydrogen-bond acceptors (Lipinski definition) is 2. The molecule has 0 aliphatic heterocycles. The van der Waals surface area contributed by atoms with Crippen molar-refractivity contribution >= 4 is 34.2 Å². The molecule has 0 fully saturated rings. The average molecular weight is 343 g/mol. The predicted molar refractivity (Wildman–Crippen MR) is 93.9 cm³/mol. The molecule has 114 valence electrons. The summed E-state index contributed by atoms with van der Waals surface area (Å²) in [6, 6.07) is 13.4. The first-order valence-corrected chi connectivity index (χ1v) is 7.83. The summed E-state index contributed by atoms with van der Waals surface area (Å²) in [5.41, 5.74) is 5.45. The maximum absolute atomic E-state index is 6.16. The van der Waals surface area contributed by atoms with E-state index in [1.165, 1.54) is 0 Å². The van der Waals surface area contributed by atoms with E-state index in [0.29, 0.717) is 10.0 Å². The molecule has 6 heteroatoms. The van der Waals surface area contributed by atoms with E-state index in [4.69, 9.17) is 23.2 Å². The summed E-state index contributed by atoms with van der Waals surface area (Å²) >= 11 is 12.1. The van der Waals surface area contributed by atoms with Gasteiger partial charge in [-0.3, -0.25) is 5.10 Å². The minimum Gasteiger partial charge on any atom is -0.337 e. The minimum atomic E-state index is 0.703. The molecule has 0 atom stereocenters. The smallest absolute Gasteiger partial charge is 0.156 e. The summed E-state index contributed by atoms with van der Waals surface area (Å²) in [6.45, 7) is 1.97. The molecule has 2 heterocycles. The van der Waals surface area contributed by atoms with Gasteiger partial charge in [0, 0.05) is 15.6 Å². The van der Waals surface area contributed by atoms with Crippen LogP contribution in [-0.2, 0) is 0 Å². The summed E-state index contributed by atoms with van der Waals surface area (Å²) in [5.74, 6) is 0.731. The Hall–Kier alpha value is -2.30. The van der Waals surface area contributed by atoms with Gasteiger partial charge < -0.3 is 4.98 Å². The Morgan fingerprint density at radius 3 is 2.57 bits per heavy atom. The number of H-pyrrole nitrogens is 2. The Bertz CT molecular complexity index is 960. The third-order valence-electron chi connectivity index (χ3n) is 3.74. The van der Waals surface area contributed by atoms with Gasteiger partial charge in [-0.1, -0.05) is 35.3 Å². The van der Waals surface area contributed by atoms with Crippen LogP contribution in [-0.4, -0.2) is 20.2 Å². The highest BCUT2D eigenvalue weighted by atomic mass is 35.5. The van der Waals surface area contributed by atoms with Crippen molar-refractivity contribution in [3.8, 4) is 22.8 Å². The number of hydrogen-bond donors (Lipinski definition) is 2. The average Bonchev–Trinajstić information content (AvgIpc) is 3.15. The number of aromatic nitrogens is 4. The van der Waals surface area contributed by atoms with Gasteiger partial charge in [-0.25, -0.2) is 4.98 Å². The molecule has 0 bridgehead atoms. The number of fused-ring (bicyclic) bond motifs is 1. The Morgan fingerprint density at radius 2 is 1.78 bits per heavy atom. The molecule has 23 heavy (non-hydrogen) atoms. The molecule has 0 saturated carbocycles. The number of benzene rings is 2. The van der Waals surface area contributed by atoms with Crippen molar-refractivity contribution in [3.63, 3.8) is 0 Å². The topological polar surface area (TPSA) is 57.4 Å². The molecule has 0 unspecified atom stereocenters. The molecular formula is C17H12Cl2N4. The second-order valence-electron chi connectivity index (χ2n) is 5.38. The second kappa shape index (κ2) is 5.41. The normalized spacial score (nSPS) is 11.3. The van der Waals surface area contributed by atoms with Crippen LogP contribution in [0.25, 0.3) is 33.8 Å². The number of rotatable bonds is 2. The zero-order valence-corrected chi connectivity index (χ0v) is 13.7. The van der Waals surface area contributed by atoms with Crippen molar-refractivity contribution in [2.24, 2.45) is 0 Å². The van der Waals surface area contributed by atoms with Crippen molar-refractivity contribution in [1.29, 1.82) is 0 Å². The largest absolute Gasteiger partial charge is 0.337 e. The van der Waals surface area contributed by atoms with E-state index in [9.17, 15) is 0 Å². The van der Waals surface area contributed by atoms with Crippen molar-refractivity contribution < 1.29 is 0 Å². The Kier molecular flexibility index (Phi) is 3.36. The fourth-order valence-electron chi connectivity index (χ4n) is 2.48. The van der Waals surface area contributed by atoms with Gasteiger partial charge in [0.05, 0.1) is 16.7 Å². The van der Waals surface area contributed by atoms with Gasteiger partial charge in [0.15, 0.2) is 5.82 Å². The molecular weight excluding hydrogens is 331 g/mol.